The van der Waals surface area contributed by atoms with Crippen LogP contribution in [0.5, 0.6) is 17.2 Å². The van der Waals surface area contributed by atoms with E-state index in [0.29, 0.717) is 22.8 Å². The van der Waals surface area contributed by atoms with E-state index >= 15 is 0 Å². The number of amides is 4. The molecule has 2 aromatic carbocycles. The van der Waals surface area contributed by atoms with Gasteiger partial charge in [0.25, 0.3) is 5.91 Å². The highest BCUT2D eigenvalue weighted by Gasteiger charge is 2.49. The van der Waals surface area contributed by atoms with E-state index in [-0.39, 0.29) is 6.79 Å². The molecule has 168 valence electrons. The molecule has 0 aliphatic carbocycles. The first-order valence-electron chi connectivity index (χ1n) is 10.1. The maximum Gasteiger partial charge on any atom is 0.325 e. The van der Waals surface area contributed by atoms with Crippen molar-refractivity contribution in [3.05, 3.63) is 53.6 Å². The van der Waals surface area contributed by atoms with Crippen molar-refractivity contribution >= 4 is 17.8 Å². The second kappa shape index (κ2) is 7.74. The Labute approximate surface area is 185 Å². The number of rotatable bonds is 6. The first-order chi connectivity index (χ1) is 15.1. The van der Waals surface area contributed by atoms with E-state index in [4.69, 9.17) is 14.2 Å². The van der Waals surface area contributed by atoms with Crippen LogP contribution in [0.4, 0.5) is 4.79 Å². The molecule has 1 saturated heterocycles. The van der Waals surface area contributed by atoms with Gasteiger partial charge in [0.05, 0.1) is 12.6 Å². The fraction of sp³-hybridized carbons (Fsp3) is 0.348. The number of imide groups is 1. The molecule has 4 amide bonds. The minimum Gasteiger partial charge on any atom is -0.497 e. The monoisotopic (exact) mass is 439 g/mol. The van der Waals surface area contributed by atoms with Crippen LogP contribution >= 0.6 is 0 Å². The molecule has 32 heavy (non-hydrogen) atoms. The van der Waals surface area contributed by atoms with Gasteiger partial charge in [0.15, 0.2) is 11.5 Å². The molecule has 1 unspecified atom stereocenters. The van der Waals surface area contributed by atoms with Crippen LogP contribution in [0.3, 0.4) is 0 Å². The third-order valence-corrected chi connectivity index (χ3v) is 5.79. The summed E-state index contributed by atoms with van der Waals surface area (Å²) in [6.07, 6.45) is 0. The topological polar surface area (TPSA) is 106 Å². The Morgan fingerprint density at radius 3 is 2.53 bits per heavy atom. The summed E-state index contributed by atoms with van der Waals surface area (Å²) in [6.45, 7) is 5.03. The fourth-order valence-electron chi connectivity index (χ4n) is 3.85. The van der Waals surface area contributed by atoms with E-state index in [1.165, 1.54) is 0 Å². The van der Waals surface area contributed by atoms with Gasteiger partial charge in [-0.3, -0.25) is 14.5 Å². The largest absolute Gasteiger partial charge is 0.497 e. The van der Waals surface area contributed by atoms with Crippen LogP contribution in [-0.2, 0) is 20.7 Å². The fourth-order valence-corrected chi connectivity index (χ4v) is 3.85. The SMILES string of the molecule is COc1ccc(C2(C)NC(=O)N(CC(=O)NC(C)(C)c3ccc4c(c3)OCO4)C2=O)cc1. The lowest BCUT2D eigenvalue weighted by Crippen LogP contribution is -2.48. The van der Waals surface area contributed by atoms with Crippen molar-refractivity contribution in [2.45, 2.75) is 31.8 Å². The lowest BCUT2D eigenvalue weighted by molar-refractivity contribution is -0.135. The normalized spacial score (nSPS) is 19.7. The standard InChI is InChI=1S/C23H25N3O6/c1-22(2,15-7-10-17-18(11-15)32-13-31-17)24-19(27)12-26-20(28)23(3,25-21(26)29)14-5-8-16(30-4)9-6-14/h5-11H,12-13H2,1-4H3,(H,24,27)(H,25,29). The molecule has 0 radical (unpaired) electrons. The maximum absolute atomic E-state index is 13.1. The quantitative estimate of drug-likeness (QED) is 0.669. The number of fused-ring (bicyclic) bond motifs is 1. The molecule has 1 atom stereocenters. The summed E-state index contributed by atoms with van der Waals surface area (Å²) in [5.74, 6) is 0.928. The Bertz CT molecular complexity index is 1080. The zero-order valence-corrected chi connectivity index (χ0v) is 18.4. The summed E-state index contributed by atoms with van der Waals surface area (Å²) in [5.41, 5.74) is -0.636. The summed E-state index contributed by atoms with van der Waals surface area (Å²) >= 11 is 0. The van der Waals surface area contributed by atoms with Crippen molar-refractivity contribution in [1.29, 1.82) is 0 Å². The molecule has 0 aromatic heterocycles. The molecular weight excluding hydrogens is 414 g/mol. The number of benzene rings is 2. The highest BCUT2D eigenvalue weighted by atomic mass is 16.7. The molecule has 2 heterocycles. The van der Waals surface area contributed by atoms with Crippen LogP contribution in [-0.4, -0.2) is 43.2 Å². The molecule has 0 spiro atoms. The van der Waals surface area contributed by atoms with Crippen molar-refractivity contribution in [2.24, 2.45) is 0 Å². The van der Waals surface area contributed by atoms with E-state index in [1.54, 1.807) is 50.4 Å². The van der Waals surface area contributed by atoms with E-state index < -0.39 is 35.5 Å². The number of urea groups is 1. The van der Waals surface area contributed by atoms with Gasteiger partial charge in [0.2, 0.25) is 12.7 Å². The van der Waals surface area contributed by atoms with Gasteiger partial charge in [-0.2, -0.15) is 0 Å². The van der Waals surface area contributed by atoms with Gasteiger partial charge in [0.1, 0.15) is 17.8 Å². The Morgan fingerprint density at radius 1 is 1.16 bits per heavy atom. The van der Waals surface area contributed by atoms with Crippen molar-refractivity contribution in [3.63, 3.8) is 0 Å². The summed E-state index contributed by atoms with van der Waals surface area (Å²) in [4.78, 5) is 39.4. The molecule has 2 aliphatic rings. The molecule has 4 rings (SSSR count). The molecule has 2 aliphatic heterocycles. The van der Waals surface area contributed by atoms with Crippen LogP contribution in [0.1, 0.15) is 31.9 Å². The van der Waals surface area contributed by atoms with Crippen molar-refractivity contribution in [1.82, 2.24) is 15.5 Å². The predicted molar refractivity (Wildman–Crippen MR) is 114 cm³/mol. The molecule has 2 N–H and O–H groups in total. The average molecular weight is 439 g/mol. The van der Waals surface area contributed by atoms with Crippen LogP contribution < -0.4 is 24.8 Å². The third-order valence-electron chi connectivity index (χ3n) is 5.79. The molecule has 0 bridgehead atoms. The van der Waals surface area contributed by atoms with E-state index in [0.717, 1.165) is 10.5 Å². The molecular formula is C23H25N3O6. The average Bonchev–Trinajstić information content (AvgIpc) is 3.32. The zero-order chi connectivity index (χ0) is 23.1. The minimum atomic E-state index is -1.27. The Hall–Kier alpha value is -3.75. The summed E-state index contributed by atoms with van der Waals surface area (Å²) in [6, 6.07) is 11.6. The summed E-state index contributed by atoms with van der Waals surface area (Å²) in [5, 5.41) is 5.59. The second-order valence-corrected chi connectivity index (χ2v) is 8.42. The maximum atomic E-state index is 13.1. The molecule has 0 saturated carbocycles. The van der Waals surface area contributed by atoms with Gasteiger partial charge in [-0.15, -0.1) is 0 Å². The number of nitrogens with one attached hydrogen (secondary N) is 2. The first-order valence-corrected chi connectivity index (χ1v) is 10.1. The number of carbonyl (C=O) groups is 3. The van der Waals surface area contributed by atoms with E-state index in [1.807, 2.05) is 19.9 Å². The number of carbonyl (C=O) groups excluding carboxylic acids is 3. The highest BCUT2D eigenvalue weighted by molar-refractivity contribution is 6.09. The number of nitrogens with zero attached hydrogens (tertiary/aromatic N) is 1. The van der Waals surface area contributed by atoms with Crippen molar-refractivity contribution in [3.8, 4) is 17.2 Å². The molecule has 9 nitrogen and oxygen atoms in total. The van der Waals surface area contributed by atoms with Gasteiger partial charge in [0, 0.05) is 0 Å². The Balaban J connectivity index is 1.46. The molecule has 1 fully saturated rings. The van der Waals surface area contributed by atoms with E-state index in [9.17, 15) is 14.4 Å². The van der Waals surface area contributed by atoms with Gasteiger partial charge < -0.3 is 24.8 Å². The molecule has 9 heteroatoms. The predicted octanol–water partition coefficient (Wildman–Crippen LogP) is 2.24. The van der Waals surface area contributed by atoms with Crippen molar-refractivity contribution < 1.29 is 28.6 Å². The van der Waals surface area contributed by atoms with Gasteiger partial charge in [-0.25, -0.2) is 4.79 Å². The zero-order valence-electron chi connectivity index (χ0n) is 18.4. The Kier molecular flexibility index (Phi) is 5.20. The lowest BCUT2D eigenvalue weighted by Gasteiger charge is -2.28. The second-order valence-electron chi connectivity index (χ2n) is 8.42. The third kappa shape index (κ3) is 3.70. The minimum absolute atomic E-state index is 0.157. The summed E-state index contributed by atoms with van der Waals surface area (Å²) in [7, 11) is 1.55. The Morgan fingerprint density at radius 2 is 1.84 bits per heavy atom. The van der Waals surface area contributed by atoms with Gasteiger partial charge in [-0.05, 0) is 56.2 Å². The summed E-state index contributed by atoms with van der Waals surface area (Å²) < 4.78 is 15.9. The molecule has 2 aromatic rings. The van der Waals surface area contributed by atoms with Gasteiger partial charge in [-0.1, -0.05) is 18.2 Å². The number of methoxy groups -OCH3 is 1. The van der Waals surface area contributed by atoms with E-state index in [2.05, 4.69) is 10.6 Å². The van der Waals surface area contributed by atoms with Crippen LogP contribution in [0.15, 0.2) is 42.5 Å². The highest BCUT2D eigenvalue weighted by Crippen LogP contribution is 2.36. The van der Waals surface area contributed by atoms with Gasteiger partial charge >= 0.3 is 6.03 Å². The lowest BCUT2D eigenvalue weighted by atomic mass is 9.92. The van der Waals surface area contributed by atoms with Crippen LogP contribution in [0.2, 0.25) is 0 Å². The van der Waals surface area contributed by atoms with Crippen molar-refractivity contribution in [2.75, 3.05) is 20.4 Å². The smallest absolute Gasteiger partial charge is 0.325 e. The number of ether oxygens (including phenoxy) is 3. The number of hydrogen-bond acceptors (Lipinski definition) is 6. The van der Waals surface area contributed by atoms with Crippen LogP contribution in [0.25, 0.3) is 0 Å². The number of hydrogen-bond donors (Lipinski definition) is 2. The van der Waals surface area contributed by atoms with Crippen LogP contribution in [0, 0.1) is 0 Å². The first kappa shape index (κ1) is 21.5.